The second-order valence-electron chi connectivity index (χ2n) is 7.09. The van der Waals surface area contributed by atoms with Crippen LogP contribution in [0.5, 0.6) is 0 Å². The maximum absolute atomic E-state index is 5.49. The standard InChI is InChI=1S/C16H27N2O/c1-16(2)12-14(17-5-3-4-6-17)11-15(13-16)18-7-9-19-10-8-18/h11H,3-10,12-13H2,1-2H3/q+1/p+1. The topological polar surface area (TPSA) is 16.7 Å². The fourth-order valence-electron chi connectivity index (χ4n) is 3.78. The van der Waals surface area contributed by atoms with Gasteiger partial charge in [0.2, 0.25) is 0 Å². The predicted molar refractivity (Wildman–Crippen MR) is 76.8 cm³/mol. The zero-order valence-corrected chi connectivity index (χ0v) is 12.5. The molecule has 2 heterocycles. The summed E-state index contributed by atoms with van der Waals surface area (Å²) in [5.41, 5.74) is 3.65. The van der Waals surface area contributed by atoms with Gasteiger partial charge < -0.3 is 9.64 Å². The lowest BCUT2D eigenvalue weighted by Crippen LogP contribution is -3.08. The van der Waals surface area contributed by atoms with Gasteiger partial charge in [-0.25, -0.2) is 4.58 Å². The highest BCUT2D eigenvalue weighted by atomic mass is 16.5. The molecule has 0 aromatic rings. The Labute approximate surface area is 116 Å². The van der Waals surface area contributed by atoms with Gasteiger partial charge in [-0.2, -0.15) is 0 Å². The highest BCUT2D eigenvalue weighted by Crippen LogP contribution is 2.32. The normalized spacial score (nSPS) is 28.6. The van der Waals surface area contributed by atoms with Crippen LogP contribution in [0, 0.1) is 5.41 Å². The summed E-state index contributed by atoms with van der Waals surface area (Å²) in [5, 5.41) is 0. The summed E-state index contributed by atoms with van der Waals surface area (Å²) in [5.74, 6) is 0. The molecule has 1 aliphatic carbocycles. The van der Waals surface area contributed by atoms with Crippen molar-refractivity contribution in [3.8, 4) is 0 Å². The number of rotatable bonds is 1. The quantitative estimate of drug-likeness (QED) is 0.695. The molecule has 0 aromatic carbocycles. The third kappa shape index (κ3) is 3.09. The van der Waals surface area contributed by atoms with Crippen molar-refractivity contribution in [2.24, 2.45) is 5.41 Å². The monoisotopic (exact) mass is 264 g/mol. The number of ether oxygens (including phenoxy) is 1. The summed E-state index contributed by atoms with van der Waals surface area (Å²) < 4.78 is 8.04. The van der Waals surface area contributed by atoms with Crippen molar-refractivity contribution in [3.05, 3.63) is 11.8 Å². The summed E-state index contributed by atoms with van der Waals surface area (Å²) >= 11 is 0. The van der Waals surface area contributed by atoms with Crippen molar-refractivity contribution >= 4 is 5.71 Å². The van der Waals surface area contributed by atoms with Gasteiger partial charge >= 0.3 is 0 Å². The Bertz CT molecular complexity index is 395. The number of hydrogen-bond acceptors (Lipinski definition) is 1. The average molecular weight is 264 g/mol. The molecule has 2 aliphatic heterocycles. The summed E-state index contributed by atoms with van der Waals surface area (Å²) in [6.45, 7) is 11.5. The Morgan fingerprint density at radius 1 is 1.11 bits per heavy atom. The molecule has 0 spiro atoms. The number of likely N-dealkylation sites (tertiary alicyclic amines) is 1. The molecule has 0 atom stereocenters. The van der Waals surface area contributed by atoms with Crippen LogP contribution in [0.1, 0.15) is 39.5 Å². The molecule has 0 radical (unpaired) electrons. The molecule has 3 aliphatic rings. The molecule has 1 N–H and O–H groups in total. The Balaban J connectivity index is 1.87. The van der Waals surface area contributed by atoms with Gasteiger partial charge in [0.1, 0.15) is 18.9 Å². The Morgan fingerprint density at radius 3 is 2.47 bits per heavy atom. The van der Waals surface area contributed by atoms with Crippen LogP contribution in [0.3, 0.4) is 0 Å². The fourth-order valence-corrected chi connectivity index (χ4v) is 3.78. The molecule has 0 aromatic heterocycles. The smallest absolute Gasteiger partial charge is 0.182 e. The number of allylic oxidation sites excluding steroid dienone is 2. The number of nitrogens with one attached hydrogen (secondary N) is 1. The van der Waals surface area contributed by atoms with Gasteiger partial charge in [0.25, 0.3) is 0 Å². The van der Waals surface area contributed by atoms with Gasteiger partial charge in [0.05, 0.1) is 19.2 Å². The maximum atomic E-state index is 5.49. The van der Waals surface area contributed by atoms with Gasteiger partial charge in [-0.05, 0) is 5.41 Å². The zero-order valence-electron chi connectivity index (χ0n) is 12.5. The minimum atomic E-state index is 0.424. The lowest BCUT2D eigenvalue weighted by molar-refractivity contribution is -0.849. The van der Waals surface area contributed by atoms with E-state index >= 15 is 0 Å². The van der Waals surface area contributed by atoms with Crippen LogP contribution in [0.4, 0.5) is 0 Å². The molecule has 19 heavy (non-hydrogen) atoms. The first-order valence-corrected chi connectivity index (χ1v) is 7.88. The second-order valence-corrected chi connectivity index (χ2v) is 7.09. The molecule has 0 amide bonds. The Morgan fingerprint density at radius 2 is 1.79 bits per heavy atom. The van der Waals surface area contributed by atoms with Gasteiger partial charge in [-0.3, -0.25) is 0 Å². The van der Waals surface area contributed by atoms with E-state index < -0.39 is 0 Å². The lowest BCUT2D eigenvalue weighted by Gasteiger charge is -2.31. The van der Waals surface area contributed by atoms with Crippen molar-refractivity contribution in [3.63, 3.8) is 0 Å². The van der Waals surface area contributed by atoms with Crippen LogP contribution in [0.2, 0.25) is 0 Å². The Kier molecular flexibility index (Phi) is 3.77. The Hall–Kier alpha value is -0.670. The van der Waals surface area contributed by atoms with Crippen molar-refractivity contribution in [2.45, 2.75) is 39.5 Å². The molecule has 3 rings (SSSR count). The van der Waals surface area contributed by atoms with E-state index in [0.717, 1.165) is 26.3 Å². The molecule has 2 fully saturated rings. The van der Waals surface area contributed by atoms with E-state index in [4.69, 9.17) is 4.74 Å². The highest BCUT2D eigenvalue weighted by molar-refractivity contribution is 5.92. The minimum absolute atomic E-state index is 0.424. The first kappa shape index (κ1) is 13.3. The number of hydrogen-bond donors (Lipinski definition) is 1. The van der Waals surface area contributed by atoms with E-state index in [1.165, 1.54) is 38.8 Å². The summed E-state index contributed by atoms with van der Waals surface area (Å²) in [6.07, 6.45) is 7.83. The largest absolute Gasteiger partial charge is 0.368 e. The van der Waals surface area contributed by atoms with Crippen molar-refractivity contribution in [2.75, 3.05) is 39.4 Å². The number of morpholine rings is 1. The van der Waals surface area contributed by atoms with Gasteiger partial charge in [0, 0.05) is 25.7 Å². The van der Waals surface area contributed by atoms with Crippen molar-refractivity contribution in [1.82, 2.24) is 0 Å². The first-order chi connectivity index (χ1) is 9.14. The highest BCUT2D eigenvalue weighted by Gasteiger charge is 2.36. The molecule has 3 heteroatoms. The summed E-state index contributed by atoms with van der Waals surface area (Å²) in [4.78, 5) is 1.75. The predicted octanol–water partition coefficient (Wildman–Crippen LogP) is 0.853. The van der Waals surface area contributed by atoms with E-state index in [9.17, 15) is 0 Å². The summed E-state index contributed by atoms with van der Waals surface area (Å²) in [6, 6.07) is 0. The number of nitrogens with zero attached hydrogens (tertiary/aromatic N) is 1. The van der Waals surface area contributed by atoms with Crippen LogP contribution in [-0.2, 0) is 4.74 Å². The van der Waals surface area contributed by atoms with E-state index in [-0.39, 0.29) is 0 Å². The van der Waals surface area contributed by atoms with Crippen LogP contribution in [-0.4, -0.2) is 49.7 Å². The van der Waals surface area contributed by atoms with E-state index in [1.54, 1.807) is 16.3 Å². The van der Waals surface area contributed by atoms with Gasteiger partial charge in [-0.15, -0.1) is 0 Å². The molecule has 0 bridgehead atoms. The SMILES string of the molecule is CC1(C)CC([NH+]2CCCC2)=CC(=[N+]2CCOCC2)C1. The van der Waals surface area contributed by atoms with Crippen LogP contribution in [0.15, 0.2) is 11.8 Å². The molecule has 106 valence electrons. The van der Waals surface area contributed by atoms with Gasteiger partial charge in [0.15, 0.2) is 18.8 Å². The van der Waals surface area contributed by atoms with Crippen LogP contribution in [0.25, 0.3) is 0 Å². The van der Waals surface area contributed by atoms with Gasteiger partial charge in [-0.1, -0.05) is 13.8 Å². The number of quaternary nitrogens is 1. The van der Waals surface area contributed by atoms with Crippen LogP contribution < -0.4 is 4.90 Å². The van der Waals surface area contributed by atoms with Crippen molar-refractivity contribution < 1.29 is 14.2 Å². The first-order valence-electron chi connectivity index (χ1n) is 7.88. The molecular weight excluding hydrogens is 236 g/mol. The second kappa shape index (κ2) is 5.37. The third-order valence-electron chi connectivity index (χ3n) is 4.75. The minimum Gasteiger partial charge on any atom is -0.368 e. The van der Waals surface area contributed by atoms with E-state index in [0.29, 0.717) is 5.41 Å². The fraction of sp³-hybridized carbons (Fsp3) is 0.812. The summed E-state index contributed by atoms with van der Waals surface area (Å²) in [7, 11) is 0. The van der Waals surface area contributed by atoms with Crippen molar-refractivity contribution in [1.29, 1.82) is 0 Å². The van der Waals surface area contributed by atoms with E-state index in [1.807, 2.05) is 0 Å². The zero-order chi connectivity index (χ0) is 13.3. The van der Waals surface area contributed by atoms with Crippen LogP contribution >= 0.6 is 0 Å². The maximum Gasteiger partial charge on any atom is 0.182 e. The molecule has 0 saturated carbocycles. The average Bonchev–Trinajstić information content (AvgIpc) is 2.92. The molecule has 3 nitrogen and oxygen atoms in total. The molecule has 0 unspecified atom stereocenters. The lowest BCUT2D eigenvalue weighted by atomic mass is 9.78. The third-order valence-corrected chi connectivity index (χ3v) is 4.75. The molecule has 2 saturated heterocycles. The molecular formula is C16H28N2O+2. The van der Waals surface area contributed by atoms with E-state index in [2.05, 4.69) is 24.5 Å².